The van der Waals surface area contributed by atoms with E-state index in [4.69, 9.17) is 0 Å². The Morgan fingerprint density at radius 1 is 1.00 bits per heavy atom. The molecule has 26 heavy (non-hydrogen) atoms. The summed E-state index contributed by atoms with van der Waals surface area (Å²) in [4.78, 5) is 43.9. The maximum Gasteiger partial charge on any atom is 0.335 e. The van der Waals surface area contributed by atoms with E-state index in [2.05, 4.69) is 11.0 Å². The van der Waals surface area contributed by atoms with E-state index >= 15 is 0 Å². The molecule has 0 spiro atoms. The first-order chi connectivity index (χ1) is 12.6. The zero-order chi connectivity index (χ0) is 18.1. The normalized spacial score (nSPS) is 21.4. The third kappa shape index (κ3) is 3.20. The van der Waals surface area contributed by atoms with Crippen molar-refractivity contribution in [1.82, 2.24) is 14.7 Å². The summed E-state index contributed by atoms with van der Waals surface area (Å²) in [6.07, 6.45) is 2.61. The molecule has 4 heterocycles. The molecule has 0 radical (unpaired) electrons. The van der Waals surface area contributed by atoms with Crippen molar-refractivity contribution < 1.29 is 14.4 Å². The Bertz CT molecular complexity index is 804. The van der Waals surface area contributed by atoms with Crippen LogP contribution < -0.4 is 0 Å². The first kappa shape index (κ1) is 17.4. The van der Waals surface area contributed by atoms with E-state index in [0.717, 1.165) is 34.1 Å². The van der Waals surface area contributed by atoms with E-state index in [-0.39, 0.29) is 19.3 Å². The number of likely N-dealkylation sites (tertiary alicyclic amines) is 1. The van der Waals surface area contributed by atoms with Gasteiger partial charge in [0.25, 0.3) is 0 Å². The Balaban J connectivity index is 1.44. The summed E-state index contributed by atoms with van der Waals surface area (Å²) in [6.45, 7) is 1.25. The second-order valence-electron chi connectivity index (χ2n) is 6.43. The molecule has 2 fully saturated rings. The number of thiophene rings is 2. The van der Waals surface area contributed by atoms with Crippen molar-refractivity contribution >= 4 is 40.5 Å². The van der Waals surface area contributed by atoms with Crippen LogP contribution in [0.2, 0.25) is 0 Å². The largest absolute Gasteiger partial charge is 0.335 e. The van der Waals surface area contributed by atoms with E-state index in [1.54, 1.807) is 22.7 Å². The van der Waals surface area contributed by atoms with Gasteiger partial charge in [-0.15, -0.1) is 22.7 Å². The molecule has 0 saturated carbocycles. The van der Waals surface area contributed by atoms with Gasteiger partial charge in [0.15, 0.2) is 0 Å². The Hall–Kier alpha value is -2.03. The first-order valence-electron chi connectivity index (χ1n) is 8.62. The lowest BCUT2D eigenvalue weighted by molar-refractivity contribution is -0.144. The molecule has 6 nitrogen and oxygen atoms in total. The van der Waals surface area contributed by atoms with E-state index < -0.39 is 17.8 Å². The highest BCUT2D eigenvalue weighted by Gasteiger charge is 2.45. The molecule has 4 amide bonds. The third-order valence-electron chi connectivity index (χ3n) is 4.86. The molecule has 0 N–H and O–H groups in total. The summed E-state index contributed by atoms with van der Waals surface area (Å²) in [5.41, 5.74) is 0. The minimum atomic E-state index is -0.710. The van der Waals surface area contributed by atoms with Crippen molar-refractivity contribution in [1.29, 1.82) is 0 Å². The Labute approximate surface area is 159 Å². The van der Waals surface area contributed by atoms with Crippen molar-refractivity contribution in [2.75, 3.05) is 19.8 Å². The molecule has 2 aliphatic rings. The van der Waals surface area contributed by atoms with Gasteiger partial charge >= 0.3 is 17.8 Å². The zero-order valence-electron chi connectivity index (χ0n) is 14.2. The second-order valence-corrected chi connectivity index (χ2v) is 8.44. The van der Waals surface area contributed by atoms with Gasteiger partial charge in [-0.2, -0.15) is 0 Å². The average molecular weight is 390 g/mol. The van der Waals surface area contributed by atoms with Gasteiger partial charge in [0, 0.05) is 35.3 Å². The fourth-order valence-corrected chi connectivity index (χ4v) is 5.12. The molecule has 2 saturated heterocycles. The Kier molecular flexibility index (Phi) is 4.88. The Morgan fingerprint density at radius 3 is 2.50 bits per heavy atom. The summed E-state index contributed by atoms with van der Waals surface area (Å²) in [5.74, 6) is -1.42. The van der Waals surface area contributed by atoms with Gasteiger partial charge in [-0.3, -0.25) is 19.4 Å². The van der Waals surface area contributed by atoms with Crippen LogP contribution in [0.5, 0.6) is 0 Å². The summed E-state index contributed by atoms with van der Waals surface area (Å²) in [6, 6.07) is 7.71. The van der Waals surface area contributed by atoms with Crippen LogP contribution in [0, 0.1) is 0 Å². The summed E-state index contributed by atoms with van der Waals surface area (Å²) in [7, 11) is 0. The van der Waals surface area contributed by atoms with Crippen LogP contribution in [-0.2, 0) is 16.0 Å². The maximum absolute atomic E-state index is 12.7. The third-order valence-corrected chi connectivity index (χ3v) is 6.77. The van der Waals surface area contributed by atoms with Crippen molar-refractivity contribution in [3.8, 4) is 0 Å². The molecule has 2 aliphatic heterocycles. The van der Waals surface area contributed by atoms with E-state index in [1.165, 1.54) is 4.88 Å². The smallest absolute Gasteiger partial charge is 0.278 e. The zero-order valence-corrected chi connectivity index (χ0v) is 15.8. The average Bonchev–Trinajstić information content (AvgIpc) is 3.41. The predicted octanol–water partition coefficient (Wildman–Crippen LogP) is 2.94. The Morgan fingerprint density at radius 2 is 1.77 bits per heavy atom. The molecule has 8 heteroatoms. The van der Waals surface area contributed by atoms with E-state index in [0.29, 0.717) is 6.42 Å². The van der Waals surface area contributed by atoms with Crippen LogP contribution in [0.4, 0.5) is 4.79 Å². The van der Waals surface area contributed by atoms with Gasteiger partial charge in [-0.1, -0.05) is 12.1 Å². The molecule has 0 aromatic carbocycles. The number of hydrogen-bond acceptors (Lipinski definition) is 6. The molecular weight excluding hydrogens is 370 g/mol. The highest BCUT2D eigenvalue weighted by atomic mass is 32.1. The van der Waals surface area contributed by atoms with Crippen LogP contribution in [0.15, 0.2) is 35.0 Å². The number of nitrogens with zero attached hydrogens (tertiary/aromatic N) is 3. The van der Waals surface area contributed by atoms with Crippen LogP contribution in [0.25, 0.3) is 0 Å². The van der Waals surface area contributed by atoms with E-state index in [9.17, 15) is 14.4 Å². The highest BCUT2D eigenvalue weighted by Crippen LogP contribution is 2.34. The number of carbonyl (C=O) groups excluding carboxylic acids is 3. The molecule has 4 rings (SSSR count). The predicted molar refractivity (Wildman–Crippen MR) is 99.8 cm³/mol. The number of imide groups is 2. The van der Waals surface area contributed by atoms with E-state index in [1.807, 2.05) is 29.0 Å². The molecule has 1 atom stereocenters. The van der Waals surface area contributed by atoms with Crippen molar-refractivity contribution in [2.24, 2.45) is 0 Å². The van der Waals surface area contributed by atoms with Crippen LogP contribution in [0.3, 0.4) is 0 Å². The SMILES string of the molecule is O=C1C(=O)N(CN2CCCC2c2cccs2)C(=O)N1CCc1cccs1. The monoisotopic (exact) mass is 389 g/mol. The number of rotatable bonds is 6. The molecule has 2 aromatic heterocycles. The quantitative estimate of drug-likeness (QED) is 0.563. The summed E-state index contributed by atoms with van der Waals surface area (Å²) in [5, 5.41) is 3.99. The molecule has 2 aromatic rings. The lowest BCUT2D eigenvalue weighted by Gasteiger charge is -2.27. The van der Waals surface area contributed by atoms with Crippen molar-refractivity contribution in [3.05, 3.63) is 44.8 Å². The van der Waals surface area contributed by atoms with Gasteiger partial charge < -0.3 is 0 Å². The van der Waals surface area contributed by atoms with Crippen molar-refractivity contribution in [2.45, 2.75) is 25.3 Å². The maximum atomic E-state index is 12.7. The summed E-state index contributed by atoms with van der Waals surface area (Å²) < 4.78 is 0. The molecule has 0 bridgehead atoms. The second kappa shape index (κ2) is 7.30. The van der Waals surface area contributed by atoms with Crippen LogP contribution in [-0.4, -0.2) is 52.3 Å². The highest BCUT2D eigenvalue weighted by molar-refractivity contribution is 7.10. The summed E-state index contributed by atoms with van der Waals surface area (Å²) >= 11 is 3.27. The fraction of sp³-hybridized carbons (Fsp3) is 0.389. The van der Waals surface area contributed by atoms with Crippen LogP contribution in [0.1, 0.15) is 28.6 Å². The van der Waals surface area contributed by atoms with Gasteiger partial charge in [0.05, 0.1) is 6.67 Å². The topological polar surface area (TPSA) is 60.9 Å². The number of urea groups is 1. The van der Waals surface area contributed by atoms with Gasteiger partial charge in [-0.05, 0) is 35.7 Å². The molecule has 1 unspecified atom stereocenters. The standard InChI is InChI=1S/C18H19N3O3S2/c22-16-17(23)21(18(24)20(16)9-7-13-4-2-10-25-13)12-19-8-1-5-14(19)15-6-3-11-26-15/h2-4,6,10-11,14H,1,5,7-9,12H2. The number of hydrogen-bond donors (Lipinski definition) is 0. The number of carbonyl (C=O) groups is 3. The molecule has 136 valence electrons. The number of amides is 4. The van der Waals surface area contributed by atoms with Gasteiger partial charge in [0.1, 0.15) is 0 Å². The minimum absolute atomic E-state index is 0.182. The lowest BCUT2D eigenvalue weighted by Crippen LogP contribution is -2.42. The minimum Gasteiger partial charge on any atom is -0.278 e. The van der Waals surface area contributed by atoms with Gasteiger partial charge in [-0.25, -0.2) is 9.69 Å². The van der Waals surface area contributed by atoms with Crippen LogP contribution >= 0.6 is 22.7 Å². The van der Waals surface area contributed by atoms with Crippen molar-refractivity contribution in [3.63, 3.8) is 0 Å². The molecule has 0 aliphatic carbocycles. The first-order valence-corrected chi connectivity index (χ1v) is 10.4. The fourth-order valence-electron chi connectivity index (χ4n) is 3.53. The molecular formula is C18H19N3O3S2. The lowest BCUT2D eigenvalue weighted by atomic mass is 10.2. The van der Waals surface area contributed by atoms with Gasteiger partial charge in [0.2, 0.25) is 0 Å².